The minimum absolute atomic E-state index is 0.623. The topological polar surface area (TPSA) is 21.3 Å². The maximum atomic E-state index is 5.20. The normalized spacial score (nSPS) is 12.5. The van der Waals surface area contributed by atoms with Crippen molar-refractivity contribution in [3.63, 3.8) is 0 Å². The summed E-state index contributed by atoms with van der Waals surface area (Å²) in [5.74, 6) is 0.875. The Balaban J connectivity index is 2.34. The molecule has 0 aliphatic rings. The van der Waals surface area contributed by atoms with Gasteiger partial charge in [0.25, 0.3) is 0 Å². The molecule has 1 N–H and O–H groups in total. The van der Waals surface area contributed by atoms with Crippen LogP contribution in [0.3, 0.4) is 0 Å². The van der Waals surface area contributed by atoms with Crippen LogP contribution in [0.2, 0.25) is 0 Å². The molecule has 0 aromatic heterocycles. The van der Waals surface area contributed by atoms with Gasteiger partial charge in [0.05, 0.1) is 11.6 Å². The predicted octanol–water partition coefficient (Wildman–Crippen LogP) is 4.11. The van der Waals surface area contributed by atoms with Gasteiger partial charge in [-0.25, -0.2) is 0 Å². The molecule has 1 rings (SSSR count). The molecule has 17 heavy (non-hydrogen) atoms. The number of methoxy groups -OCH3 is 1. The van der Waals surface area contributed by atoms with E-state index in [-0.39, 0.29) is 0 Å². The van der Waals surface area contributed by atoms with Crippen molar-refractivity contribution in [1.82, 2.24) is 5.32 Å². The third kappa shape index (κ3) is 5.40. The SMILES string of the molecule is CCC(Br)CCNCc1ccc(OC)c(Br)c1. The molecule has 1 aromatic carbocycles. The van der Waals surface area contributed by atoms with E-state index in [1.165, 1.54) is 12.0 Å². The van der Waals surface area contributed by atoms with E-state index in [2.05, 4.69) is 56.2 Å². The first-order chi connectivity index (χ1) is 8.17. The number of halogens is 2. The van der Waals surface area contributed by atoms with Crippen molar-refractivity contribution in [1.29, 1.82) is 0 Å². The van der Waals surface area contributed by atoms with Crippen LogP contribution in [0.25, 0.3) is 0 Å². The van der Waals surface area contributed by atoms with E-state index < -0.39 is 0 Å². The van der Waals surface area contributed by atoms with E-state index in [0.717, 1.165) is 29.7 Å². The van der Waals surface area contributed by atoms with Crippen molar-refractivity contribution in [2.75, 3.05) is 13.7 Å². The molecule has 0 aliphatic carbocycles. The summed E-state index contributed by atoms with van der Waals surface area (Å²) in [7, 11) is 1.68. The second kappa shape index (κ2) is 8.11. The number of hydrogen-bond acceptors (Lipinski definition) is 2. The number of benzene rings is 1. The van der Waals surface area contributed by atoms with Gasteiger partial charge in [-0.15, -0.1) is 0 Å². The highest BCUT2D eigenvalue weighted by atomic mass is 79.9. The van der Waals surface area contributed by atoms with Crippen molar-refractivity contribution in [2.45, 2.75) is 31.1 Å². The van der Waals surface area contributed by atoms with Crippen LogP contribution in [-0.2, 0) is 6.54 Å². The lowest BCUT2D eigenvalue weighted by atomic mass is 10.2. The Labute approximate surface area is 120 Å². The Morgan fingerprint density at radius 1 is 1.41 bits per heavy atom. The zero-order valence-electron chi connectivity index (χ0n) is 10.3. The number of hydrogen-bond donors (Lipinski definition) is 1. The molecule has 1 unspecified atom stereocenters. The van der Waals surface area contributed by atoms with Crippen LogP contribution in [0.15, 0.2) is 22.7 Å². The molecule has 96 valence electrons. The first kappa shape index (κ1) is 15.0. The number of rotatable bonds is 7. The molecular weight excluding hydrogens is 346 g/mol. The summed E-state index contributed by atoms with van der Waals surface area (Å²) in [4.78, 5) is 0.623. The molecule has 0 spiro atoms. The molecule has 0 saturated heterocycles. The molecule has 0 radical (unpaired) electrons. The lowest BCUT2D eigenvalue weighted by Gasteiger charge is -2.09. The van der Waals surface area contributed by atoms with E-state index in [1.807, 2.05) is 6.07 Å². The third-order valence-electron chi connectivity index (χ3n) is 2.62. The monoisotopic (exact) mass is 363 g/mol. The van der Waals surface area contributed by atoms with Gasteiger partial charge in [0.2, 0.25) is 0 Å². The fourth-order valence-corrected chi connectivity index (χ4v) is 2.33. The van der Waals surface area contributed by atoms with Crippen LogP contribution < -0.4 is 10.1 Å². The van der Waals surface area contributed by atoms with Gasteiger partial charge in [-0.05, 0) is 53.0 Å². The van der Waals surface area contributed by atoms with E-state index in [4.69, 9.17) is 4.74 Å². The van der Waals surface area contributed by atoms with Crippen molar-refractivity contribution in [3.05, 3.63) is 28.2 Å². The molecule has 0 amide bonds. The van der Waals surface area contributed by atoms with Crippen molar-refractivity contribution in [3.8, 4) is 5.75 Å². The molecule has 0 aliphatic heterocycles. The van der Waals surface area contributed by atoms with E-state index in [1.54, 1.807) is 7.11 Å². The first-order valence-electron chi connectivity index (χ1n) is 5.84. The van der Waals surface area contributed by atoms with Crippen LogP contribution in [0, 0.1) is 0 Å². The van der Waals surface area contributed by atoms with Gasteiger partial charge in [-0.1, -0.05) is 28.9 Å². The molecular formula is C13H19Br2NO. The molecule has 1 atom stereocenters. The number of nitrogens with one attached hydrogen (secondary N) is 1. The zero-order chi connectivity index (χ0) is 12.7. The highest BCUT2D eigenvalue weighted by Crippen LogP contribution is 2.25. The Hall–Kier alpha value is -0.0600. The smallest absolute Gasteiger partial charge is 0.133 e. The largest absolute Gasteiger partial charge is 0.496 e. The second-order valence-corrected chi connectivity index (χ2v) is 6.09. The Bertz CT molecular complexity index is 344. The molecule has 2 nitrogen and oxygen atoms in total. The van der Waals surface area contributed by atoms with Gasteiger partial charge in [-0.2, -0.15) is 0 Å². The second-order valence-electron chi connectivity index (χ2n) is 3.94. The van der Waals surface area contributed by atoms with Gasteiger partial charge in [0.1, 0.15) is 5.75 Å². The molecule has 4 heteroatoms. The molecule has 0 fully saturated rings. The van der Waals surface area contributed by atoms with Gasteiger partial charge in [0, 0.05) is 11.4 Å². The maximum Gasteiger partial charge on any atom is 0.133 e. The lowest BCUT2D eigenvalue weighted by Crippen LogP contribution is -2.17. The quantitative estimate of drug-likeness (QED) is 0.580. The summed E-state index contributed by atoms with van der Waals surface area (Å²) < 4.78 is 6.20. The molecule has 0 heterocycles. The van der Waals surface area contributed by atoms with E-state index in [0.29, 0.717) is 4.83 Å². The number of alkyl halides is 1. The molecule has 0 saturated carbocycles. The summed E-state index contributed by atoms with van der Waals surface area (Å²) in [5.41, 5.74) is 1.26. The minimum atomic E-state index is 0.623. The summed E-state index contributed by atoms with van der Waals surface area (Å²) in [5, 5.41) is 3.44. The Kier molecular flexibility index (Phi) is 7.16. The van der Waals surface area contributed by atoms with Crippen LogP contribution in [-0.4, -0.2) is 18.5 Å². The van der Waals surface area contributed by atoms with Gasteiger partial charge < -0.3 is 10.1 Å². The van der Waals surface area contributed by atoms with Gasteiger partial charge in [0.15, 0.2) is 0 Å². The van der Waals surface area contributed by atoms with Crippen LogP contribution in [0.4, 0.5) is 0 Å². The molecule has 0 bridgehead atoms. The van der Waals surface area contributed by atoms with E-state index in [9.17, 15) is 0 Å². The lowest BCUT2D eigenvalue weighted by molar-refractivity contribution is 0.412. The van der Waals surface area contributed by atoms with Gasteiger partial charge >= 0.3 is 0 Å². The van der Waals surface area contributed by atoms with Gasteiger partial charge in [-0.3, -0.25) is 0 Å². The van der Waals surface area contributed by atoms with Crippen LogP contribution >= 0.6 is 31.9 Å². The van der Waals surface area contributed by atoms with E-state index >= 15 is 0 Å². The summed E-state index contributed by atoms with van der Waals surface area (Å²) in [6, 6.07) is 6.17. The van der Waals surface area contributed by atoms with Crippen molar-refractivity contribution in [2.24, 2.45) is 0 Å². The van der Waals surface area contributed by atoms with Crippen molar-refractivity contribution < 1.29 is 4.74 Å². The average molecular weight is 365 g/mol. The van der Waals surface area contributed by atoms with Crippen LogP contribution in [0.1, 0.15) is 25.3 Å². The summed E-state index contributed by atoms with van der Waals surface area (Å²) >= 11 is 7.12. The Morgan fingerprint density at radius 3 is 2.76 bits per heavy atom. The summed E-state index contributed by atoms with van der Waals surface area (Å²) in [6.45, 7) is 4.12. The highest BCUT2D eigenvalue weighted by molar-refractivity contribution is 9.10. The van der Waals surface area contributed by atoms with Crippen LogP contribution in [0.5, 0.6) is 5.75 Å². The summed E-state index contributed by atoms with van der Waals surface area (Å²) in [6.07, 6.45) is 2.34. The average Bonchev–Trinajstić information content (AvgIpc) is 2.34. The fraction of sp³-hybridized carbons (Fsp3) is 0.538. The maximum absolute atomic E-state index is 5.20. The Morgan fingerprint density at radius 2 is 2.18 bits per heavy atom. The van der Waals surface area contributed by atoms with Crippen molar-refractivity contribution >= 4 is 31.9 Å². The third-order valence-corrected chi connectivity index (χ3v) is 4.35. The fourth-order valence-electron chi connectivity index (χ4n) is 1.52. The highest BCUT2D eigenvalue weighted by Gasteiger charge is 2.02. The minimum Gasteiger partial charge on any atom is -0.496 e. The first-order valence-corrected chi connectivity index (χ1v) is 7.55. The zero-order valence-corrected chi connectivity index (χ0v) is 13.5. The number of ether oxygens (including phenoxy) is 1. The molecule has 1 aromatic rings. The predicted molar refractivity (Wildman–Crippen MR) is 80.0 cm³/mol. The standard InChI is InChI=1S/C13H19Br2NO/c1-3-11(14)6-7-16-9-10-4-5-13(17-2)12(15)8-10/h4-5,8,11,16H,3,6-7,9H2,1-2H3.